The van der Waals surface area contributed by atoms with Crippen LogP contribution < -0.4 is 0 Å². The molecule has 0 amide bonds. The molecule has 1 aliphatic heterocycles. The third-order valence-corrected chi connectivity index (χ3v) is 6.48. The molecule has 1 aromatic heterocycles. The minimum Gasteiger partial charge on any atom is -0.390 e. The fourth-order valence-corrected chi connectivity index (χ4v) is 5.24. The summed E-state index contributed by atoms with van der Waals surface area (Å²) in [6, 6.07) is 16.0. The fraction of sp³-hybridized carbons (Fsp3) is 0.455. The molecule has 5 rings (SSSR count). The van der Waals surface area contributed by atoms with Crippen LogP contribution in [0.25, 0.3) is 11.0 Å². The van der Waals surface area contributed by atoms with E-state index in [-0.39, 0.29) is 0 Å². The normalized spacial score (nSPS) is 28.6. The summed E-state index contributed by atoms with van der Waals surface area (Å²) in [5.74, 6) is 1.03. The lowest BCUT2D eigenvalue weighted by molar-refractivity contribution is 0.0328. The van der Waals surface area contributed by atoms with E-state index in [9.17, 15) is 10.2 Å². The number of benzene rings is 2. The van der Waals surface area contributed by atoms with E-state index < -0.39 is 11.7 Å². The molecular weight excluding hydrogens is 352 g/mol. The summed E-state index contributed by atoms with van der Waals surface area (Å²) in [5.41, 5.74) is 3.16. The maximum atomic E-state index is 11.1. The Hall–Kier alpha value is -2.28. The second-order valence-corrected chi connectivity index (χ2v) is 8.64. The zero-order valence-electron chi connectivity index (χ0n) is 15.8. The monoisotopic (exact) mass is 378 g/mol. The van der Waals surface area contributed by atoms with Crippen LogP contribution in [0.2, 0.25) is 0 Å². The van der Waals surface area contributed by atoms with Gasteiger partial charge in [-0.1, -0.05) is 41.6 Å². The molecule has 6 nitrogen and oxygen atoms in total. The second-order valence-electron chi connectivity index (χ2n) is 8.64. The van der Waals surface area contributed by atoms with Crippen molar-refractivity contribution >= 4 is 11.0 Å². The van der Waals surface area contributed by atoms with Crippen molar-refractivity contribution in [3.63, 3.8) is 0 Å². The minimum atomic E-state index is -0.584. The molecule has 2 aromatic carbocycles. The van der Waals surface area contributed by atoms with Gasteiger partial charge in [0.1, 0.15) is 5.52 Å². The molecule has 1 unspecified atom stereocenters. The van der Waals surface area contributed by atoms with Crippen LogP contribution in [0.1, 0.15) is 30.1 Å². The Morgan fingerprint density at radius 1 is 1.11 bits per heavy atom. The zero-order chi connectivity index (χ0) is 19.1. The first kappa shape index (κ1) is 17.8. The van der Waals surface area contributed by atoms with Gasteiger partial charge in [-0.25, -0.2) is 0 Å². The number of likely N-dealkylation sites (tertiary alicyclic amines) is 1. The Morgan fingerprint density at radius 2 is 1.86 bits per heavy atom. The van der Waals surface area contributed by atoms with E-state index in [4.69, 9.17) is 0 Å². The maximum Gasteiger partial charge on any atom is 0.113 e. The van der Waals surface area contributed by atoms with Crippen LogP contribution in [0.15, 0.2) is 48.5 Å². The lowest BCUT2D eigenvalue weighted by Crippen LogP contribution is -2.33. The number of nitrogens with zero attached hydrogens (tertiary/aromatic N) is 3. The summed E-state index contributed by atoms with van der Waals surface area (Å²) >= 11 is 0. The number of aliphatic hydroxyl groups is 2. The number of β-amino-alcohol motifs (C(OH)–C–C–N with tert-alkyl or cyclic N) is 1. The molecule has 28 heavy (non-hydrogen) atoms. The Kier molecular flexibility index (Phi) is 4.42. The standard InChI is InChI=1S/C22H26N4O2/c27-21(16-6-7-19-20(8-16)24-25-23-19)14-26-12-17-10-22(28,11-18(17)13-26)9-15-4-2-1-3-5-15/h1-8,17-18,21,27-28H,9-14H2,(H,23,24,25)/t17-,18+,21?,22+. The highest BCUT2D eigenvalue weighted by Gasteiger charge is 2.48. The van der Waals surface area contributed by atoms with Crippen LogP contribution in [0, 0.1) is 11.8 Å². The molecule has 146 valence electrons. The zero-order valence-corrected chi connectivity index (χ0v) is 15.8. The molecule has 4 atom stereocenters. The minimum absolute atomic E-state index is 0.513. The summed E-state index contributed by atoms with van der Waals surface area (Å²) in [7, 11) is 0. The average Bonchev–Trinajstić information content (AvgIpc) is 3.35. The van der Waals surface area contributed by atoms with Crippen molar-refractivity contribution in [3.8, 4) is 0 Å². The number of fused-ring (bicyclic) bond motifs is 2. The Bertz CT molecular complexity index is 943. The van der Waals surface area contributed by atoms with Gasteiger partial charge in [0, 0.05) is 26.1 Å². The Labute approximate surface area is 164 Å². The Morgan fingerprint density at radius 3 is 2.61 bits per heavy atom. The summed E-state index contributed by atoms with van der Waals surface area (Å²) in [6.07, 6.45) is 1.90. The van der Waals surface area contributed by atoms with Crippen LogP contribution >= 0.6 is 0 Å². The van der Waals surface area contributed by atoms with Gasteiger partial charge in [-0.3, -0.25) is 10.00 Å². The van der Waals surface area contributed by atoms with Crippen molar-refractivity contribution in [2.45, 2.75) is 31.0 Å². The molecule has 3 aromatic rings. The van der Waals surface area contributed by atoms with Crippen LogP contribution in [0.4, 0.5) is 0 Å². The van der Waals surface area contributed by atoms with Crippen LogP contribution in [0.3, 0.4) is 0 Å². The van der Waals surface area contributed by atoms with Crippen LogP contribution in [-0.2, 0) is 6.42 Å². The van der Waals surface area contributed by atoms with Gasteiger partial charge in [0.05, 0.1) is 17.2 Å². The average molecular weight is 378 g/mol. The van der Waals surface area contributed by atoms with Gasteiger partial charge in [0.15, 0.2) is 0 Å². The molecule has 0 bridgehead atoms. The molecule has 3 N–H and O–H groups in total. The van der Waals surface area contributed by atoms with Crippen molar-refractivity contribution in [2.24, 2.45) is 11.8 Å². The highest BCUT2D eigenvalue weighted by Crippen LogP contribution is 2.45. The van der Waals surface area contributed by atoms with Crippen molar-refractivity contribution in [2.75, 3.05) is 19.6 Å². The molecule has 1 saturated heterocycles. The molecule has 6 heteroatoms. The summed E-state index contributed by atoms with van der Waals surface area (Å²) in [4.78, 5) is 2.34. The van der Waals surface area contributed by atoms with E-state index in [1.54, 1.807) is 0 Å². The lowest BCUT2D eigenvalue weighted by Gasteiger charge is -2.27. The molecular formula is C22H26N4O2. The van der Waals surface area contributed by atoms with E-state index in [0.717, 1.165) is 48.9 Å². The summed E-state index contributed by atoms with van der Waals surface area (Å²) < 4.78 is 0. The predicted octanol–water partition coefficient (Wildman–Crippen LogP) is 2.31. The maximum absolute atomic E-state index is 11.1. The van der Waals surface area contributed by atoms with E-state index >= 15 is 0 Å². The highest BCUT2D eigenvalue weighted by atomic mass is 16.3. The second kappa shape index (κ2) is 6.95. The molecule has 2 heterocycles. The number of hydrogen-bond donors (Lipinski definition) is 3. The summed E-state index contributed by atoms with van der Waals surface area (Å²) in [5, 5.41) is 32.4. The number of nitrogens with one attached hydrogen (secondary N) is 1. The SMILES string of the molecule is OC(CN1C[C@@H]2C[C@](O)(Cc3ccccc3)C[C@@H]2C1)c1ccc2[nH]nnc2c1. The number of H-pyrrole nitrogens is 1. The van der Waals surface area contributed by atoms with Gasteiger partial charge < -0.3 is 10.2 Å². The van der Waals surface area contributed by atoms with Crippen LogP contribution in [-0.4, -0.2) is 55.8 Å². The first-order valence-corrected chi connectivity index (χ1v) is 10.1. The van der Waals surface area contributed by atoms with Crippen LogP contribution in [0.5, 0.6) is 0 Å². The van der Waals surface area contributed by atoms with Gasteiger partial charge in [-0.15, -0.1) is 5.10 Å². The first-order chi connectivity index (χ1) is 13.6. The van der Waals surface area contributed by atoms with E-state index in [2.05, 4.69) is 32.4 Å². The third-order valence-electron chi connectivity index (χ3n) is 6.48. The quantitative estimate of drug-likeness (QED) is 0.634. The molecule has 2 aliphatic rings. The van der Waals surface area contributed by atoms with Crippen molar-refractivity contribution in [1.82, 2.24) is 20.3 Å². The fourth-order valence-electron chi connectivity index (χ4n) is 5.24. The van der Waals surface area contributed by atoms with Gasteiger partial charge in [-0.05, 0) is 47.9 Å². The Balaban J connectivity index is 1.19. The van der Waals surface area contributed by atoms with Crippen molar-refractivity contribution in [3.05, 3.63) is 59.7 Å². The van der Waals surface area contributed by atoms with Gasteiger partial charge in [0.25, 0.3) is 0 Å². The third kappa shape index (κ3) is 3.43. The van der Waals surface area contributed by atoms with E-state index in [1.165, 1.54) is 5.56 Å². The molecule has 0 radical (unpaired) electrons. The predicted molar refractivity (Wildman–Crippen MR) is 107 cm³/mol. The van der Waals surface area contributed by atoms with Crippen molar-refractivity contribution in [1.29, 1.82) is 0 Å². The number of hydrogen-bond acceptors (Lipinski definition) is 5. The largest absolute Gasteiger partial charge is 0.390 e. The first-order valence-electron chi connectivity index (χ1n) is 10.1. The highest BCUT2D eigenvalue weighted by molar-refractivity contribution is 5.74. The molecule has 2 fully saturated rings. The molecule has 0 spiro atoms. The molecule has 1 saturated carbocycles. The van der Waals surface area contributed by atoms with Gasteiger partial charge >= 0.3 is 0 Å². The number of rotatable bonds is 5. The topological polar surface area (TPSA) is 85.3 Å². The molecule has 1 aliphatic carbocycles. The van der Waals surface area contributed by atoms with Crippen molar-refractivity contribution < 1.29 is 10.2 Å². The smallest absolute Gasteiger partial charge is 0.113 e. The number of aromatic amines is 1. The van der Waals surface area contributed by atoms with E-state index in [0.29, 0.717) is 18.4 Å². The lowest BCUT2D eigenvalue weighted by atomic mass is 9.91. The number of aromatic nitrogens is 3. The summed E-state index contributed by atoms with van der Waals surface area (Å²) in [6.45, 7) is 2.52. The van der Waals surface area contributed by atoms with Gasteiger partial charge in [0.2, 0.25) is 0 Å². The van der Waals surface area contributed by atoms with E-state index in [1.807, 2.05) is 36.4 Å². The number of aliphatic hydroxyl groups excluding tert-OH is 1. The van der Waals surface area contributed by atoms with Gasteiger partial charge in [-0.2, -0.15) is 0 Å².